The lowest BCUT2D eigenvalue weighted by Crippen LogP contribution is -2.38. The Labute approximate surface area is 69.7 Å². The first kappa shape index (κ1) is 7.75. The molecule has 0 amide bonds. The Morgan fingerprint density at radius 3 is 2.33 bits per heavy atom. The van der Waals surface area contributed by atoms with E-state index < -0.39 is 0 Å². The highest BCUT2D eigenvalue weighted by atomic mass is 127. The topological polar surface area (TPSA) is 12.5 Å². The molecule has 0 spiro atoms. The molecular weight excluding hydrogens is 229 g/mol. The van der Waals surface area contributed by atoms with Crippen LogP contribution in [0.4, 0.5) is 0 Å². The van der Waals surface area contributed by atoms with Crippen LogP contribution in [0.3, 0.4) is 0 Å². The zero-order valence-electron chi connectivity index (χ0n) is 6.02. The number of hydrogen-bond donors (Lipinski definition) is 0. The molecule has 0 radical (unpaired) electrons. The molecule has 1 heterocycles. The van der Waals surface area contributed by atoms with Crippen molar-refractivity contribution in [2.45, 2.75) is 23.6 Å². The highest BCUT2D eigenvalue weighted by Crippen LogP contribution is 2.27. The molecule has 0 aromatic heterocycles. The van der Waals surface area contributed by atoms with Crippen molar-refractivity contribution in [1.29, 1.82) is 0 Å². The van der Waals surface area contributed by atoms with E-state index in [9.17, 15) is 0 Å². The van der Waals surface area contributed by atoms with Gasteiger partial charge < -0.3 is 4.74 Å². The van der Waals surface area contributed by atoms with Crippen LogP contribution in [0.5, 0.6) is 0 Å². The largest absolute Gasteiger partial charge is 0.352 e. The van der Waals surface area contributed by atoms with Crippen LogP contribution in [0.15, 0.2) is 0 Å². The lowest BCUT2D eigenvalue weighted by Gasteiger charge is -2.26. The van der Waals surface area contributed by atoms with E-state index in [-0.39, 0.29) is 9.77 Å². The van der Waals surface area contributed by atoms with Gasteiger partial charge in [0.25, 0.3) is 0 Å². The molecular formula is C6H12INO. The van der Waals surface area contributed by atoms with Crippen LogP contribution < -0.4 is 0 Å². The van der Waals surface area contributed by atoms with Gasteiger partial charge in [-0.05, 0) is 43.5 Å². The van der Waals surface area contributed by atoms with Crippen molar-refractivity contribution in [1.82, 2.24) is 4.90 Å². The molecule has 2 nitrogen and oxygen atoms in total. The van der Waals surface area contributed by atoms with Crippen molar-refractivity contribution in [2.24, 2.45) is 0 Å². The molecule has 1 aliphatic heterocycles. The number of likely N-dealkylation sites (N-methyl/N-ethyl adjacent to an activating group) is 1. The van der Waals surface area contributed by atoms with Gasteiger partial charge in [0.2, 0.25) is 0 Å². The number of alkyl halides is 1. The van der Waals surface area contributed by atoms with Gasteiger partial charge in [-0.3, -0.25) is 4.90 Å². The van der Waals surface area contributed by atoms with E-state index in [1.807, 2.05) is 0 Å². The molecule has 0 aromatic carbocycles. The summed E-state index contributed by atoms with van der Waals surface area (Å²) >= 11 is 2.29. The van der Waals surface area contributed by atoms with Crippen LogP contribution in [-0.2, 0) is 4.74 Å². The maximum absolute atomic E-state index is 5.39. The van der Waals surface area contributed by atoms with Crippen LogP contribution >= 0.6 is 22.6 Å². The van der Waals surface area contributed by atoms with Gasteiger partial charge in [0, 0.05) is 5.54 Å². The van der Waals surface area contributed by atoms with Crippen LogP contribution in [-0.4, -0.2) is 28.3 Å². The number of nitrogens with zero attached hydrogens (tertiary/aromatic N) is 1. The van der Waals surface area contributed by atoms with Gasteiger partial charge in [-0.2, -0.15) is 0 Å². The van der Waals surface area contributed by atoms with Gasteiger partial charge in [0.1, 0.15) is 0 Å². The van der Waals surface area contributed by atoms with E-state index in [1.54, 1.807) is 0 Å². The fraction of sp³-hybridized carbons (Fsp3) is 1.00. The molecule has 3 heteroatoms. The molecule has 0 bridgehead atoms. The number of rotatable bonds is 0. The molecule has 1 saturated heterocycles. The van der Waals surface area contributed by atoms with Gasteiger partial charge in [-0.25, -0.2) is 0 Å². The van der Waals surface area contributed by atoms with Gasteiger partial charge in [-0.15, -0.1) is 0 Å². The second-order valence-electron chi connectivity index (χ2n) is 3.03. The van der Waals surface area contributed by atoms with Gasteiger partial charge >= 0.3 is 0 Å². The number of halogens is 1. The predicted molar refractivity (Wildman–Crippen MR) is 45.6 cm³/mol. The summed E-state index contributed by atoms with van der Waals surface area (Å²) in [6.07, 6.45) is 0. The van der Waals surface area contributed by atoms with E-state index >= 15 is 0 Å². The third kappa shape index (κ3) is 1.38. The summed E-state index contributed by atoms with van der Waals surface area (Å²) in [4.78, 5) is 2.23. The fourth-order valence-electron chi connectivity index (χ4n) is 0.761. The maximum atomic E-state index is 5.39. The zero-order chi connectivity index (χ0) is 7.07. The third-order valence-corrected chi connectivity index (χ3v) is 3.03. The van der Waals surface area contributed by atoms with Crippen LogP contribution in [0.25, 0.3) is 0 Å². The quantitative estimate of drug-likeness (QED) is 0.361. The monoisotopic (exact) mass is 241 g/mol. The van der Waals surface area contributed by atoms with Crippen molar-refractivity contribution in [3.05, 3.63) is 0 Å². The Morgan fingerprint density at radius 1 is 1.67 bits per heavy atom. The Kier molecular flexibility index (Phi) is 2.03. The van der Waals surface area contributed by atoms with Crippen molar-refractivity contribution in [3.8, 4) is 0 Å². The molecule has 54 valence electrons. The van der Waals surface area contributed by atoms with E-state index in [0.29, 0.717) is 0 Å². The minimum atomic E-state index is 0.228. The van der Waals surface area contributed by atoms with Crippen molar-refractivity contribution in [3.63, 3.8) is 0 Å². The first-order chi connectivity index (χ1) is 4.04. The van der Waals surface area contributed by atoms with Crippen molar-refractivity contribution >= 4 is 22.6 Å². The van der Waals surface area contributed by atoms with Crippen molar-refractivity contribution in [2.75, 3.05) is 13.7 Å². The Balaban J connectivity index is 2.62. The normalized spacial score (nSPS) is 35.3. The molecule has 0 aliphatic carbocycles. The zero-order valence-corrected chi connectivity index (χ0v) is 8.18. The first-order valence-corrected chi connectivity index (χ1v) is 4.27. The smallest absolute Gasteiger partial charge is 0.163 e. The third-order valence-electron chi connectivity index (χ3n) is 1.83. The van der Waals surface area contributed by atoms with Crippen LogP contribution in [0.1, 0.15) is 13.8 Å². The standard InChI is InChI=1S/C6H12INO/c1-6(2)4-9-5(7)8(6)3/h5H,4H2,1-3H3. The molecule has 1 unspecified atom stereocenters. The summed E-state index contributed by atoms with van der Waals surface area (Å²) in [7, 11) is 2.09. The molecule has 1 fully saturated rings. The number of ether oxygens (including phenoxy) is 1. The van der Waals surface area contributed by atoms with E-state index in [0.717, 1.165) is 6.61 Å². The molecule has 1 aliphatic rings. The lowest BCUT2D eigenvalue weighted by atomic mass is 10.1. The summed E-state index contributed by atoms with van der Waals surface area (Å²) < 4.78 is 5.65. The number of hydrogen-bond acceptors (Lipinski definition) is 2. The van der Waals surface area contributed by atoms with Gasteiger partial charge in [0.15, 0.2) is 4.23 Å². The Bertz CT molecular complexity index is 116. The molecule has 1 atom stereocenters. The Morgan fingerprint density at radius 2 is 2.22 bits per heavy atom. The van der Waals surface area contributed by atoms with E-state index in [1.165, 1.54) is 0 Å². The highest BCUT2D eigenvalue weighted by Gasteiger charge is 2.35. The maximum Gasteiger partial charge on any atom is 0.163 e. The molecule has 0 N–H and O–H groups in total. The SMILES string of the molecule is CN1C(I)OCC1(C)C. The lowest BCUT2D eigenvalue weighted by molar-refractivity contribution is 0.133. The fourth-order valence-corrected chi connectivity index (χ4v) is 1.69. The summed E-state index contributed by atoms with van der Waals surface area (Å²) in [5.41, 5.74) is 0.228. The Hall–Kier alpha value is 0.650. The highest BCUT2D eigenvalue weighted by molar-refractivity contribution is 14.1. The average Bonchev–Trinajstić information content (AvgIpc) is 1.97. The molecule has 1 rings (SSSR count). The minimum absolute atomic E-state index is 0.228. The minimum Gasteiger partial charge on any atom is -0.352 e. The summed E-state index contributed by atoms with van der Waals surface area (Å²) in [5.74, 6) is 0. The molecule has 9 heavy (non-hydrogen) atoms. The van der Waals surface area contributed by atoms with Crippen LogP contribution in [0, 0.1) is 0 Å². The summed E-state index contributed by atoms with van der Waals surface area (Å²) in [5, 5.41) is 0. The summed E-state index contributed by atoms with van der Waals surface area (Å²) in [6, 6.07) is 0. The first-order valence-electron chi connectivity index (χ1n) is 3.03. The summed E-state index contributed by atoms with van der Waals surface area (Å²) in [6.45, 7) is 5.22. The van der Waals surface area contributed by atoms with Gasteiger partial charge in [-0.1, -0.05) is 0 Å². The van der Waals surface area contributed by atoms with Crippen LogP contribution in [0.2, 0.25) is 0 Å². The van der Waals surface area contributed by atoms with Crippen molar-refractivity contribution < 1.29 is 4.74 Å². The molecule has 0 saturated carbocycles. The van der Waals surface area contributed by atoms with E-state index in [4.69, 9.17) is 4.74 Å². The second-order valence-corrected chi connectivity index (χ2v) is 4.09. The predicted octanol–water partition coefficient (Wildman–Crippen LogP) is 1.45. The van der Waals surface area contributed by atoms with Gasteiger partial charge in [0.05, 0.1) is 6.61 Å². The second kappa shape index (κ2) is 2.36. The van der Waals surface area contributed by atoms with E-state index in [2.05, 4.69) is 48.4 Å². The molecule has 0 aromatic rings. The average molecular weight is 241 g/mol.